The highest BCUT2D eigenvalue weighted by Gasteiger charge is 2.10. The van der Waals surface area contributed by atoms with Crippen LogP contribution in [0, 0.1) is 5.82 Å². The van der Waals surface area contributed by atoms with Crippen LogP contribution >= 0.6 is 31.9 Å². The van der Waals surface area contributed by atoms with Gasteiger partial charge in [-0.05, 0) is 46.6 Å². The quantitative estimate of drug-likeness (QED) is 0.725. The van der Waals surface area contributed by atoms with Gasteiger partial charge in [0.25, 0.3) is 0 Å². The summed E-state index contributed by atoms with van der Waals surface area (Å²) in [4.78, 5) is 8.67. The van der Waals surface area contributed by atoms with Gasteiger partial charge in [-0.3, -0.25) is 0 Å². The van der Waals surface area contributed by atoms with Crippen LogP contribution in [0.3, 0.4) is 0 Å². The second-order valence-corrected chi connectivity index (χ2v) is 5.59. The zero-order valence-electron chi connectivity index (χ0n) is 9.75. The van der Waals surface area contributed by atoms with Crippen molar-refractivity contribution in [3.05, 3.63) is 45.0 Å². The maximum absolute atomic E-state index is 13.8. The van der Waals surface area contributed by atoms with Crippen molar-refractivity contribution in [2.75, 3.05) is 0 Å². The fourth-order valence-corrected chi connectivity index (χ4v) is 2.41. The Hall–Kier alpha value is -0.810. The van der Waals surface area contributed by atoms with Crippen molar-refractivity contribution >= 4 is 31.9 Å². The summed E-state index contributed by atoms with van der Waals surface area (Å²) in [6, 6.07) is 6.54. The van der Waals surface area contributed by atoms with Crippen molar-refractivity contribution in [3.8, 4) is 11.3 Å². The third kappa shape index (κ3) is 3.14. The second kappa shape index (κ2) is 5.89. The standard InChI is InChI=1S/C13H11Br2FN2/c1-2-3-13-17-11(7-12(15)18-13)9-6-8(14)4-5-10(9)16/h4-7H,2-3H2,1H3. The second-order valence-electron chi connectivity index (χ2n) is 3.87. The number of hydrogen-bond donors (Lipinski definition) is 0. The molecule has 0 atom stereocenters. The predicted molar refractivity (Wildman–Crippen MR) is 76.8 cm³/mol. The van der Waals surface area contributed by atoms with E-state index in [1.807, 2.05) is 0 Å². The molecule has 94 valence electrons. The molecule has 2 aromatic rings. The van der Waals surface area contributed by atoms with Crippen LogP contribution in [-0.4, -0.2) is 9.97 Å². The third-order valence-corrected chi connectivity index (χ3v) is 3.32. The van der Waals surface area contributed by atoms with Gasteiger partial charge in [-0.1, -0.05) is 22.9 Å². The summed E-state index contributed by atoms with van der Waals surface area (Å²) in [5.41, 5.74) is 1.07. The van der Waals surface area contributed by atoms with Crippen molar-refractivity contribution < 1.29 is 4.39 Å². The van der Waals surface area contributed by atoms with E-state index in [9.17, 15) is 4.39 Å². The summed E-state index contributed by atoms with van der Waals surface area (Å²) in [5.74, 6) is 0.437. The number of aryl methyl sites for hydroxylation is 1. The fraction of sp³-hybridized carbons (Fsp3) is 0.231. The van der Waals surface area contributed by atoms with Crippen LogP contribution < -0.4 is 0 Å². The summed E-state index contributed by atoms with van der Waals surface area (Å²) in [5, 5.41) is 0. The maximum Gasteiger partial charge on any atom is 0.132 e. The van der Waals surface area contributed by atoms with Crippen LogP contribution in [-0.2, 0) is 6.42 Å². The lowest BCUT2D eigenvalue weighted by Gasteiger charge is -2.06. The topological polar surface area (TPSA) is 25.8 Å². The van der Waals surface area contributed by atoms with Gasteiger partial charge >= 0.3 is 0 Å². The molecule has 0 unspecified atom stereocenters. The molecule has 1 heterocycles. The Bertz CT molecular complexity index is 573. The Balaban J connectivity index is 2.52. The van der Waals surface area contributed by atoms with E-state index in [1.54, 1.807) is 18.2 Å². The fourth-order valence-electron chi connectivity index (χ4n) is 1.63. The smallest absolute Gasteiger partial charge is 0.132 e. The first-order valence-corrected chi connectivity index (χ1v) is 7.17. The summed E-state index contributed by atoms with van der Waals surface area (Å²) >= 11 is 6.68. The van der Waals surface area contributed by atoms with E-state index in [4.69, 9.17) is 0 Å². The van der Waals surface area contributed by atoms with Gasteiger partial charge in [-0.15, -0.1) is 0 Å². The molecular weight excluding hydrogens is 363 g/mol. The van der Waals surface area contributed by atoms with Crippen LogP contribution in [0.2, 0.25) is 0 Å². The molecule has 0 spiro atoms. The van der Waals surface area contributed by atoms with E-state index in [0.717, 1.165) is 23.1 Å². The average molecular weight is 374 g/mol. The van der Waals surface area contributed by atoms with Gasteiger partial charge < -0.3 is 0 Å². The minimum Gasteiger partial charge on any atom is -0.233 e. The lowest BCUT2D eigenvalue weighted by atomic mass is 10.1. The molecule has 2 rings (SSSR count). The van der Waals surface area contributed by atoms with Crippen LogP contribution in [0.5, 0.6) is 0 Å². The first-order valence-electron chi connectivity index (χ1n) is 5.59. The molecule has 0 bridgehead atoms. The molecule has 18 heavy (non-hydrogen) atoms. The molecule has 0 aliphatic rings. The van der Waals surface area contributed by atoms with Gasteiger partial charge in [-0.25, -0.2) is 14.4 Å². The number of halogens is 3. The molecule has 0 aliphatic carbocycles. The lowest BCUT2D eigenvalue weighted by molar-refractivity contribution is 0.630. The molecule has 5 heteroatoms. The van der Waals surface area contributed by atoms with Gasteiger partial charge in [-0.2, -0.15) is 0 Å². The molecule has 1 aromatic heterocycles. The molecule has 0 saturated heterocycles. The van der Waals surface area contributed by atoms with E-state index < -0.39 is 0 Å². The Morgan fingerprint density at radius 3 is 2.67 bits per heavy atom. The van der Waals surface area contributed by atoms with Crippen LogP contribution in [0.1, 0.15) is 19.2 Å². The first kappa shape index (κ1) is 13.6. The zero-order valence-corrected chi connectivity index (χ0v) is 12.9. The van der Waals surface area contributed by atoms with E-state index in [1.165, 1.54) is 6.07 Å². The highest BCUT2D eigenvalue weighted by molar-refractivity contribution is 9.10. The normalized spacial score (nSPS) is 10.7. The number of rotatable bonds is 3. The van der Waals surface area contributed by atoms with Gasteiger partial charge in [0.2, 0.25) is 0 Å². The van der Waals surface area contributed by atoms with E-state index in [0.29, 0.717) is 15.9 Å². The van der Waals surface area contributed by atoms with Crippen LogP contribution in [0.4, 0.5) is 4.39 Å². The SMILES string of the molecule is CCCc1nc(Br)cc(-c2cc(Br)ccc2F)n1. The molecule has 0 amide bonds. The van der Waals surface area contributed by atoms with Crippen molar-refractivity contribution in [1.82, 2.24) is 9.97 Å². The monoisotopic (exact) mass is 372 g/mol. The van der Waals surface area contributed by atoms with Crippen molar-refractivity contribution in [2.45, 2.75) is 19.8 Å². The Labute approximate surface area is 122 Å². The summed E-state index contributed by atoms with van der Waals surface area (Å²) in [7, 11) is 0. The average Bonchev–Trinajstić information content (AvgIpc) is 2.32. The van der Waals surface area contributed by atoms with Gasteiger partial charge in [0, 0.05) is 16.5 Å². The molecule has 0 radical (unpaired) electrons. The number of aromatic nitrogens is 2. The lowest BCUT2D eigenvalue weighted by Crippen LogP contribution is -1.98. The first-order chi connectivity index (χ1) is 8.60. The highest BCUT2D eigenvalue weighted by Crippen LogP contribution is 2.26. The highest BCUT2D eigenvalue weighted by atomic mass is 79.9. The minimum atomic E-state index is -0.286. The zero-order chi connectivity index (χ0) is 13.1. The van der Waals surface area contributed by atoms with Crippen molar-refractivity contribution in [2.24, 2.45) is 0 Å². The predicted octanol–water partition coefficient (Wildman–Crippen LogP) is 4.76. The third-order valence-electron chi connectivity index (χ3n) is 2.42. The van der Waals surface area contributed by atoms with E-state index in [-0.39, 0.29) is 5.82 Å². The van der Waals surface area contributed by atoms with Crippen molar-refractivity contribution in [1.29, 1.82) is 0 Å². The molecular formula is C13H11Br2FN2. The maximum atomic E-state index is 13.8. The van der Waals surface area contributed by atoms with E-state index in [2.05, 4.69) is 48.8 Å². The van der Waals surface area contributed by atoms with Crippen LogP contribution in [0.25, 0.3) is 11.3 Å². The molecule has 0 saturated carbocycles. The largest absolute Gasteiger partial charge is 0.233 e. The number of hydrogen-bond acceptors (Lipinski definition) is 2. The number of benzene rings is 1. The minimum absolute atomic E-state index is 0.286. The van der Waals surface area contributed by atoms with Gasteiger partial charge in [0.1, 0.15) is 16.2 Å². The molecule has 1 aromatic carbocycles. The Morgan fingerprint density at radius 2 is 1.94 bits per heavy atom. The van der Waals surface area contributed by atoms with Crippen LogP contribution in [0.15, 0.2) is 33.3 Å². The van der Waals surface area contributed by atoms with E-state index >= 15 is 0 Å². The Morgan fingerprint density at radius 1 is 1.17 bits per heavy atom. The molecule has 2 nitrogen and oxygen atoms in total. The summed E-state index contributed by atoms with van der Waals surface area (Å²) < 4.78 is 15.3. The Kier molecular flexibility index (Phi) is 4.45. The summed E-state index contributed by atoms with van der Waals surface area (Å²) in [6.45, 7) is 2.06. The number of nitrogens with zero attached hydrogens (tertiary/aromatic N) is 2. The molecule has 0 N–H and O–H groups in total. The summed E-state index contributed by atoms with van der Waals surface area (Å²) in [6.07, 6.45) is 1.74. The van der Waals surface area contributed by atoms with Gasteiger partial charge in [0.15, 0.2) is 0 Å². The molecule has 0 aliphatic heterocycles. The molecule has 0 fully saturated rings. The van der Waals surface area contributed by atoms with Crippen molar-refractivity contribution in [3.63, 3.8) is 0 Å². The van der Waals surface area contributed by atoms with Gasteiger partial charge in [0.05, 0.1) is 5.69 Å².